The second-order valence-corrected chi connectivity index (χ2v) is 13.7. The highest BCUT2D eigenvalue weighted by molar-refractivity contribution is 5.84. The Morgan fingerprint density at radius 2 is 1.59 bits per heavy atom. The van der Waals surface area contributed by atoms with Crippen LogP contribution in [0.25, 0.3) is 0 Å². The lowest BCUT2D eigenvalue weighted by molar-refractivity contribution is -0.221. The fourth-order valence-electron chi connectivity index (χ4n) is 10.8. The fraction of sp³-hybridized carbons (Fsp3) is 0.963. The number of fused-ring (bicyclic) bond motifs is 5. The standard InChI is InChI=1S/C27H42O2/c1-23(2)12-14-27-15-13-25(4)18(21(27)22(23)29-16-27)6-7-20-24(3)10-9-19(28)17(24)8-11-26(20,25)5/h17-18,20-22H,6-16H2,1-5H3/t17-,18-,20-,21+,22-,24+,25-,26-,27-/m1/s1. The van der Waals surface area contributed by atoms with Crippen molar-refractivity contribution in [3.05, 3.63) is 0 Å². The minimum atomic E-state index is 0.272. The van der Waals surface area contributed by atoms with Crippen molar-refractivity contribution in [2.24, 2.45) is 50.7 Å². The van der Waals surface area contributed by atoms with E-state index in [0.717, 1.165) is 43.6 Å². The average molecular weight is 399 g/mol. The Morgan fingerprint density at radius 1 is 0.828 bits per heavy atom. The zero-order chi connectivity index (χ0) is 20.4. The summed E-state index contributed by atoms with van der Waals surface area (Å²) in [6.45, 7) is 13.9. The van der Waals surface area contributed by atoms with E-state index in [-0.39, 0.29) is 5.41 Å². The van der Waals surface area contributed by atoms with Gasteiger partial charge in [-0.15, -0.1) is 0 Å². The fourth-order valence-corrected chi connectivity index (χ4v) is 10.8. The molecule has 6 aliphatic rings. The van der Waals surface area contributed by atoms with Crippen LogP contribution in [-0.4, -0.2) is 18.5 Å². The predicted molar refractivity (Wildman–Crippen MR) is 115 cm³/mol. The van der Waals surface area contributed by atoms with Gasteiger partial charge in [0.2, 0.25) is 0 Å². The molecule has 2 nitrogen and oxygen atoms in total. The van der Waals surface area contributed by atoms with Crippen LogP contribution in [0.15, 0.2) is 0 Å². The van der Waals surface area contributed by atoms with Crippen LogP contribution in [-0.2, 0) is 9.53 Å². The number of ether oxygens (including phenoxy) is 1. The van der Waals surface area contributed by atoms with E-state index in [9.17, 15) is 4.79 Å². The smallest absolute Gasteiger partial charge is 0.136 e. The van der Waals surface area contributed by atoms with E-state index < -0.39 is 0 Å². The van der Waals surface area contributed by atoms with E-state index in [2.05, 4.69) is 34.6 Å². The first-order valence-electron chi connectivity index (χ1n) is 12.7. The molecule has 1 saturated heterocycles. The Bertz CT molecular complexity index is 756. The summed E-state index contributed by atoms with van der Waals surface area (Å²) in [5.41, 5.74) is 1.91. The molecule has 9 atom stereocenters. The summed E-state index contributed by atoms with van der Waals surface area (Å²) in [7, 11) is 0. The van der Waals surface area contributed by atoms with E-state index in [1.807, 2.05) is 0 Å². The molecular formula is C27H42O2. The van der Waals surface area contributed by atoms with Crippen LogP contribution in [0.1, 0.15) is 98.8 Å². The van der Waals surface area contributed by atoms with Gasteiger partial charge in [-0.3, -0.25) is 4.79 Å². The Labute approximate surface area is 177 Å². The van der Waals surface area contributed by atoms with Gasteiger partial charge in [0.05, 0.1) is 12.7 Å². The molecule has 0 aromatic heterocycles. The number of ketones is 1. The third-order valence-corrected chi connectivity index (χ3v) is 12.7. The second kappa shape index (κ2) is 5.51. The monoisotopic (exact) mass is 398 g/mol. The first-order chi connectivity index (χ1) is 13.6. The number of rotatable bonds is 0. The van der Waals surface area contributed by atoms with Gasteiger partial charge in [0.1, 0.15) is 5.78 Å². The van der Waals surface area contributed by atoms with Crippen LogP contribution in [0.2, 0.25) is 0 Å². The van der Waals surface area contributed by atoms with Crippen LogP contribution in [0.4, 0.5) is 0 Å². The van der Waals surface area contributed by atoms with Gasteiger partial charge in [0.25, 0.3) is 0 Å². The Morgan fingerprint density at radius 3 is 2.38 bits per heavy atom. The molecule has 5 saturated carbocycles. The van der Waals surface area contributed by atoms with Crippen LogP contribution in [0.3, 0.4) is 0 Å². The second-order valence-electron chi connectivity index (χ2n) is 13.7. The highest BCUT2D eigenvalue weighted by atomic mass is 16.5. The van der Waals surface area contributed by atoms with Crippen molar-refractivity contribution in [2.75, 3.05) is 6.61 Å². The Balaban J connectivity index is 1.42. The lowest BCUT2D eigenvalue weighted by atomic mass is 9.33. The number of hydrogen-bond acceptors (Lipinski definition) is 2. The van der Waals surface area contributed by atoms with Gasteiger partial charge in [0, 0.05) is 12.3 Å². The number of carbonyl (C=O) groups excluding carboxylic acids is 1. The quantitative estimate of drug-likeness (QED) is 0.470. The Hall–Kier alpha value is -0.370. The molecule has 162 valence electrons. The topological polar surface area (TPSA) is 26.3 Å². The largest absolute Gasteiger partial charge is 0.377 e. The maximum atomic E-state index is 12.7. The molecule has 0 aromatic rings. The van der Waals surface area contributed by atoms with Gasteiger partial charge in [-0.2, -0.15) is 0 Å². The zero-order valence-electron chi connectivity index (χ0n) is 19.5. The van der Waals surface area contributed by atoms with Gasteiger partial charge in [-0.1, -0.05) is 34.6 Å². The van der Waals surface area contributed by atoms with Crippen molar-refractivity contribution >= 4 is 5.78 Å². The van der Waals surface area contributed by atoms with Crippen LogP contribution < -0.4 is 0 Å². The molecule has 0 N–H and O–H groups in total. The summed E-state index contributed by atoms with van der Waals surface area (Å²) in [5, 5.41) is 0. The highest BCUT2D eigenvalue weighted by Gasteiger charge is 2.72. The highest BCUT2D eigenvalue weighted by Crippen LogP contribution is 2.77. The number of hydrogen-bond donors (Lipinski definition) is 0. The van der Waals surface area contributed by atoms with Crippen LogP contribution in [0.5, 0.6) is 0 Å². The molecule has 0 spiro atoms. The van der Waals surface area contributed by atoms with E-state index >= 15 is 0 Å². The van der Waals surface area contributed by atoms with Gasteiger partial charge >= 0.3 is 0 Å². The normalized spacial score (nSPS) is 60.2. The summed E-state index contributed by atoms with van der Waals surface area (Å²) < 4.78 is 6.65. The van der Waals surface area contributed by atoms with Crippen molar-refractivity contribution in [1.29, 1.82) is 0 Å². The Kier molecular flexibility index (Phi) is 3.67. The van der Waals surface area contributed by atoms with Crippen molar-refractivity contribution in [1.82, 2.24) is 0 Å². The van der Waals surface area contributed by atoms with E-state index in [1.54, 1.807) is 0 Å². The van der Waals surface area contributed by atoms with E-state index in [0.29, 0.717) is 39.5 Å². The predicted octanol–water partition coefficient (Wildman–Crippen LogP) is 6.42. The van der Waals surface area contributed by atoms with Crippen molar-refractivity contribution in [3.63, 3.8) is 0 Å². The molecule has 6 rings (SSSR count). The number of Topliss-reactive ketones (excluding diaryl/α,β-unsaturated/α-hetero) is 1. The summed E-state index contributed by atoms with van der Waals surface area (Å²) >= 11 is 0. The molecule has 0 amide bonds. The molecule has 0 unspecified atom stereocenters. The van der Waals surface area contributed by atoms with Crippen molar-refractivity contribution in [2.45, 2.75) is 105 Å². The molecule has 1 aliphatic heterocycles. The molecule has 1 heterocycles. The third-order valence-electron chi connectivity index (χ3n) is 12.7. The molecular weight excluding hydrogens is 356 g/mol. The number of carbonyl (C=O) groups is 1. The SMILES string of the molecule is CC1(C)CC[C@]23CC[C@]4(C)[C@H](CC[C@@H]5[C@@]6(C)CCC(=O)[C@H]6CC[C@]54C)[C@H]2[C@H]1OC3. The van der Waals surface area contributed by atoms with Crippen LogP contribution >= 0.6 is 0 Å². The molecule has 2 bridgehead atoms. The first kappa shape index (κ1) is 19.3. The van der Waals surface area contributed by atoms with Crippen molar-refractivity contribution < 1.29 is 9.53 Å². The lowest BCUT2D eigenvalue weighted by Crippen LogP contribution is -2.65. The summed E-state index contributed by atoms with van der Waals surface area (Å²) in [6.07, 6.45) is 13.2. The van der Waals surface area contributed by atoms with Crippen molar-refractivity contribution in [3.8, 4) is 0 Å². The van der Waals surface area contributed by atoms with Gasteiger partial charge < -0.3 is 4.74 Å². The molecule has 0 aromatic carbocycles. The van der Waals surface area contributed by atoms with Crippen LogP contribution in [0, 0.1) is 50.7 Å². The van der Waals surface area contributed by atoms with Gasteiger partial charge in [-0.05, 0) is 103 Å². The first-order valence-corrected chi connectivity index (χ1v) is 12.7. The molecule has 2 heteroatoms. The molecule has 29 heavy (non-hydrogen) atoms. The van der Waals surface area contributed by atoms with E-state index in [4.69, 9.17) is 4.74 Å². The van der Waals surface area contributed by atoms with Gasteiger partial charge in [0.15, 0.2) is 0 Å². The minimum Gasteiger partial charge on any atom is -0.377 e. The molecule has 5 aliphatic carbocycles. The molecule has 0 radical (unpaired) electrons. The van der Waals surface area contributed by atoms with Gasteiger partial charge in [-0.25, -0.2) is 0 Å². The summed E-state index contributed by atoms with van der Waals surface area (Å²) in [6, 6.07) is 0. The third kappa shape index (κ3) is 2.07. The summed E-state index contributed by atoms with van der Waals surface area (Å²) in [5.74, 6) is 3.29. The summed E-state index contributed by atoms with van der Waals surface area (Å²) in [4.78, 5) is 12.7. The maximum Gasteiger partial charge on any atom is 0.136 e. The van der Waals surface area contributed by atoms with E-state index in [1.165, 1.54) is 44.9 Å². The zero-order valence-corrected chi connectivity index (χ0v) is 19.5. The molecule has 6 fully saturated rings. The maximum absolute atomic E-state index is 12.7. The lowest BCUT2D eigenvalue weighted by Gasteiger charge is -2.70. The average Bonchev–Trinajstić information content (AvgIpc) is 3.16. The minimum absolute atomic E-state index is 0.272.